The van der Waals surface area contributed by atoms with Crippen LogP contribution in [0.15, 0.2) is 12.1 Å². The van der Waals surface area contributed by atoms with Gasteiger partial charge in [-0.15, -0.1) is 0 Å². The van der Waals surface area contributed by atoms with Crippen molar-refractivity contribution >= 4 is 22.6 Å². The fourth-order valence-electron chi connectivity index (χ4n) is 1.03. The van der Waals surface area contributed by atoms with Crippen LogP contribution in [-0.4, -0.2) is 12.2 Å². The second kappa shape index (κ2) is 4.44. The number of aliphatic hydroxyl groups is 1. The number of halogens is 1. The molecule has 0 unspecified atom stereocenters. The van der Waals surface area contributed by atoms with Crippen LogP contribution in [0.4, 0.5) is 0 Å². The molecule has 0 fully saturated rings. The van der Waals surface area contributed by atoms with E-state index in [4.69, 9.17) is 15.1 Å². The van der Waals surface area contributed by atoms with E-state index in [9.17, 15) is 0 Å². The van der Waals surface area contributed by atoms with E-state index in [1.54, 1.807) is 12.1 Å². The quantitative estimate of drug-likeness (QED) is 0.842. The van der Waals surface area contributed by atoms with Crippen molar-refractivity contribution in [3.05, 3.63) is 26.8 Å². The third-order valence-corrected chi connectivity index (χ3v) is 2.41. The molecule has 0 aliphatic heterocycles. The minimum absolute atomic E-state index is 0.0608. The van der Waals surface area contributed by atoms with E-state index in [1.165, 1.54) is 7.11 Å². The van der Waals surface area contributed by atoms with Crippen molar-refractivity contribution in [2.24, 2.45) is 0 Å². The maximum Gasteiger partial charge on any atom is 0.149 e. The van der Waals surface area contributed by atoms with E-state index in [0.29, 0.717) is 11.3 Å². The summed E-state index contributed by atoms with van der Waals surface area (Å²) in [5.41, 5.74) is 1.18. The molecule has 0 spiro atoms. The van der Waals surface area contributed by atoms with E-state index in [1.807, 2.05) is 6.07 Å². The van der Waals surface area contributed by atoms with Gasteiger partial charge in [-0.1, -0.05) is 0 Å². The van der Waals surface area contributed by atoms with Crippen LogP contribution in [0.25, 0.3) is 0 Å². The number of aliphatic hydroxyl groups excluding tert-OH is 1. The summed E-state index contributed by atoms with van der Waals surface area (Å²) in [6, 6.07) is 5.44. The molecule has 0 atom stereocenters. The van der Waals surface area contributed by atoms with Gasteiger partial charge in [0, 0.05) is 0 Å². The van der Waals surface area contributed by atoms with Gasteiger partial charge >= 0.3 is 0 Å². The number of ether oxygens (including phenoxy) is 1. The summed E-state index contributed by atoms with van der Waals surface area (Å²) in [7, 11) is 1.52. The Hall–Kier alpha value is -0.800. The van der Waals surface area contributed by atoms with Crippen LogP contribution in [0.1, 0.15) is 11.1 Å². The van der Waals surface area contributed by atoms with Crippen LogP contribution in [0.3, 0.4) is 0 Å². The molecule has 1 N–H and O–H groups in total. The van der Waals surface area contributed by atoms with E-state index in [0.717, 1.165) is 9.13 Å². The number of benzene rings is 1. The van der Waals surface area contributed by atoms with Gasteiger partial charge in [-0.3, -0.25) is 0 Å². The summed E-state index contributed by atoms with van der Waals surface area (Å²) in [6.07, 6.45) is 0. The summed E-state index contributed by atoms with van der Waals surface area (Å²) < 4.78 is 5.89. The Morgan fingerprint density at radius 2 is 2.31 bits per heavy atom. The summed E-state index contributed by atoms with van der Waals surface area (Å²) in [6.45, 7) is -0.0608. The van der Waals surface area contributed by atoms with Crippen molar-refractivity contribution in [2.75, 3.05) is 7.11 Å². The fraction of sp³-hybridized carbons (Fsp3) is 0.222. The highest BCUT2D eigenvalue weighted by Crippen LogP contribution is 2.26. The maximum atomic E-state index is 8.89. The fourth-order valence-corrected chi connectivity index (χ4v) is 1.94. The Bertz CT molecular complexity index is 357. The zero-order valence-corrected chi connectivity index (χ0v) is 9.20. The van der Waals surface area contributed by atoms with Crippen LogP contribution < -0.4 is 4.74 Å². The lowest BCUT2D eigenvalue weighted by molar-refractivity contribution is 0.281. The van der Waals surface area contributed by atoms with Gasteiger partial charge in [0.25, 0.3) is 0 Å². The lowest BCUT2D eigenvalue weighted by atomic mass is 10.1. The Balaban J connectivity index is 3.31. The highest BCUT2D eigenvalue weighted by Gasteiger charge is 2.08. The highest BCUT2D eigenvalue weighted by molar-refractivity contribution is 14.1. The molecule has 3 nitrogen and oxygen atoms in total. The summed E-state index contributed by atoms with van der Waals surface area (Å²) in [5, 5.41) is 17.7. The number of methoxy groups -OCH3 is 1. The van der Waals surface area contributed by atoms with Crippen molar-refractivity contribution in [1.82, 2.24) is 0 Å². The smallest absolute Gasteiger partial charge is 0.149 e. The van der Waals surface area contributed by atoms with E-state index in [-0.39, 0.29) is 6.61 Å². The minimum Gasteiger partial charge on any atom is -0.494 e. The predicted molar refractivity (Wildman–Crippen MR) is 56.3 cm³/mol. The van der Waals surface area contributed by atoms with Crippen molar-refractivity contribution in [2.45, 2.75) is 6.61 Å². The topological polar surface area (TPSA) is 53.2 Å². The minimum atomic E-state index is -0.0608. The summed E-state index contributed by atoms with van der Waals surface area (Å²) in [4.78, 5) is 0. The zero-order chi connectivity index (χ0) is 9.84. The highest BCUT2D eigenvalue weighted by atomic mass is 127. The van der Waals surface area contributed by atoms with Crippen molar-refractivity contribution in [3.63, 3.8) is 0 Å². The Labute approximate surface area is 90.1 Å². The molecule has 0 amide bonds. The molecule has 1 rings (SSSR count). The van der Waals surface area contributed by atoms with Crippen LogP contribution in [0.5, 0.6) is 5.75 Å². The largest absolute Gasteiger partial charge is 0.494 e. The third-order valence-electron chi connectivity index (χ3n) is 1.61. The first-order valence-corrected chi connectivity index (χ1v) is 4.68. The molecule has 13 heavy (non-hydrogen) atoms. The van der Waals surface area contributed by atoms with Gasteiger partial charge < -0.3 is 9.84 Å². The third kappa shape index (κ3) is 2.11. The van der Waals surface area contributed by atoms with E-state index in [2.05, 4.69) is 22.6 Å². The molecular weight excluding hydrogens is 281 g/mol. The molecule has 0 radical (unpaired) electrons. The van der Waals surface area contributed by atoms with Gasteiger partial charge in [-0.05, 0) is 40.3 Å². The molecule has 1 aromatic rings. The molecular formula is C9H8INO2. The van der Waals surface area contributed by atoms with Gasteiger partial charge in [-0.2, -0.15) is 5.26 Å². The molecule has 0 saturated heterocycles. The lowest BCUT2D eigenvalue weighted by Gasteiger charge is -2.06. The lowest BCUT2D eigenvalue weighted by Crippen LogP contribution is -1.94. The second-order valence-electron chi connectivity index (χ2n) is 2.43. The van der Waals surface area contributed by atoms with Gasteiger partial charge in [0.2, 0.25) is 0 Å². The van der Waals surface area contributed by atoms with Crippen LogP contribution in [-0.2, 0) is 6.61 Å². The molecule has 0 aliphatic carbocycles. The average Bonchev–Trinajstić information content (AvgIpc) is 2.16. The maximum absolute atomic E-state index is 8.89. The molecule has 0 heterocycles. The Morgan fingerprint density at radius 1 is 1.62 bits per heavy atom. The number of hydrogen-bond donors (Lipinski definition) is 1. The van der Waals surface area contributed by atoms with Crippen LogP contribution in [0.2, 0.25) is 0 Å². The predicted octanol–water partition coefficient (Wildman–Crippen LogP) is 1.66. The molecule has 4 heteroatoms. The Morgan fingerprint density at radius 3 is 2.77 bits per heavy atom. The summed E-state index contributed by atoms with van der Waals surface area (Å²) in [5.74, 6) is 0.570. The van der Waals surface area contributed by atoms with Crippen molar-refractivity contribution in [1.29, 1.82) is 5.26 Å². The SMILES string of the molecule is COc1c(I)cc(CO)cc1C#N. The van der Waals surface area contributed by atoms with E-state index < -0.39 is 0 Å². The molecule has 0 aromatic heterocycles. The standard InChI is InChI=1S/C9H8INO2/c1-13-9-7(4-11)2-6(5-12)3-8(9)10/h2-3,12H,5H2,1H3. The van der Waals surface area contributed by atoms with Gasteiger partial charge in [0.15, 0.2) is 0 Å². The van der Waals surface area contributed by atoms with Gasteiger partial charge in [0.05, 0.1) is 22.9 Å². The zero-order valence-electron chi connectivity index (χ0n) is 7.04. The number of hydrogen-bond acceptors (Lipinski definition) is 3. The summed E-state index contributed by atoms with van der Waals surface area (Å²) >= 11 is 2.07. The Kier molecular flexibility index (Phi) is 3.51. The molecule has 1 aromatic carbocycles. The van der Waals surface area contributed by atoms with Crippen molar-refractivity contribution < 1.29 is 9.84 Å². The van der Waals surface area contributed by atoms with Gasteiger partial charge in [-0.25, -0.2) is 0 Å². The number of nitrogens with zero attached hydrogens (tertiary/aromatic N) is 1. The molecule has 0 aliphatic rings. The first-order chi connectivity index (χ1) is 6.22. The van der Waals surface area contributed by atoms with Crippen LogP contribution in [0, 0.1) is 14.9 Å². The number of rotatable bonds is 2. The molecule has 0 bridgehead atoms. The molecule has 0 saturated carbocycles. The van der Waals surface area contributed by atoms with Crippen LogP contribution >= 0.6 is 22.6 Å². The van der Waals surface area contributed by atoms with E-state index >= 15 is 0 Å². The van der Waals surface area contributed by atoms with Crippen molar-refractivity contribution in [3.8, 4) is 11.8 Å². The monoisotopic (exact) mass is 289 g/mol. The first kappa shape index (κ1) is 10.3. The van der Waals surface area contributed by atoms with Gasteiger partial charge in [0.1, 0.15) is 11.8 Å². The normalized spacial score (nSPS) is 9.38. The average molecular weight is 289 g/mol. The first-order valence-electron chi connectivity index (χ1n) is 3.60. The second-order valence-corrected chi connectivity index (χ2v) is 3.59. The molecule has 68 valence electrons. The number of nitriles is 1.